The molecule has 1 aromatic rings. The van der Waals surface area contributed by atoms with Crippen LogP contribution in [0.3, 0.4) is 0 Å². The zero-order valence-corrected chi connectivity index (χ0v) is 10.1. The Balaban J connectivity index is 2.44. The molecule has 86 valence electrons. The van der Waals surface area contributed by atoms with Gasteiger partial charge >= 0.3 is 0 Å². The number of rotatable bonds is 5. The lowest BCUT2D eigenvalue weighted by Gasteiger charge is -2.00. The van der Waals surface area contributed by atoms with E-state index < -0.39 is 0 Å². The third-order valence-corrected chi connectivity index (χ3v) is 2.25. The van der Waals surface area contributed by atoms with Crippen LogP contribution in [0.15, 0.2) is 41.4 Å². The van der Waals surface area contributed by atoms with E-state index in [2.05, 4.69) is 18.8 Å². The number of nitrogens with zero attached hydrogens (tertiary/aromatic N) is 1. The fourth-order valence-corrected chi connectivity index (χ4v) is 1.25. The summed E-state index contributed by atoms with van der Waals surface area (Å²) in [4.78, 5) is 4.29. The molecule has 0 unspecified atom stereocenters. The molecule has 16 heavy (non-hydrogen) atoms. The van der Waals surface area contributed by atoms with Crippen LogP contribution in [-0.2, 0) is 0 Å². The van der Waals surface area contributed by atoms with Gasteiger partial charge in [-0.25, -0.2) is 0 Å². The van der Waals surface area contributed by atoms with Gasteiger partial charge in [0.2, 0.25) is 0 Å². The highest BCUT2D eigenvalue weighted by Gasteiger charge is 1.92. The second-order valence-electron chi connectivity index (χ2n) is 4.23. The van der Waals surface area contributed by atoms with E-state index in [1.54, 1.807) is 0 Å². The van der Waals surface area contributed by atoms with Crippen LogP contribution in [-0.4, -0.2) is 12.4 Å². The van der Waals surface area contributed by atoms with Crippen molar-refractivity contribution in [1.29, 1.82) is 0 Å². The number of benzene rings is 1. The topological polar surface area (TPSA) is 38.4 Å². The Kier molecular flexibility index (Phi) is 5.34. The van der Waals surface area contributed by atoms with Crippen molar-refractivity contribution in [2.75, 3.05) is 6.54 Å². The van der Waals surface area contributed by atoms with E-state index in [0.29, 0.717) is 11.8 Å². The average Bonchev–Trinajstić information content (AvgIpc) is 2.27. The Labute approximate surface area is 97.9 Å². The predicted molar refractivity (Wildman–Crippen MR) is 71.4 cm³/mol. The molecule has 0 aliphatic carbocycles. The van der Waals surface area contributed by atoms with E-state index in [1.807, 2.05) is 42.5 Å². The second kappa shape index (κ2) is 6.83. The number of nitrogens with two attached hydrogens (primary N) is 1. The van der Waals surface area contributed by atoms with Crippen molar-refractivity contribution in [2.45, 2.75) is 20.3 Å². The number of aliphatic imine (C=N–C) groups is 1. The van der Waals surface area contributed by atoms with Gasteiger partial charge in [0, 0.05) is 6.54 Å². The fraction of sp³-hybridized carbons (Fsp3) is 0.357. The molecule has 0 saturated heterocycles. The summed E-state index contributed by atoms with van der Waals surface area (Å²) in [6.45, 7) is 5.18. The lowest BCUT2D eigenvalue weighted by Crippen LogP contribution is -2.08. The minimum Gasteiger partial charge on any atom is -0.384 e. The molecule has 0 aliphatic rings. The maximum atomic E-state index is 5.77. The van der Waals surface area contributed by atoms with Gasteiger partial charge in [0.15, 0.2) is 0 Å². The van der Waals surface area contributed by atoms with Crippen molar-refractivity contribution in [3.8, 4) is 0 Å². The van der Waals surface area contributed by atoms with Crippen LogP contribution >= 0.6 is 0 Å². The minimum absolute atomic E-state index is 0.601. The summed E-state index contributed by atoms with van der Waals surface area (Å²) in [6.07, 6.45) is 4.92. The molecule has 2 heteroatoms. The highest BCUT2D eigenvalue weighted by molar-refractivity contribution is 5.95. The van der Waals surface area contributed by atoms with Crippen molar-refractivity contribution in [3.05, 3.63) is 42.0 Å². The van der Waals surface area contributed by atoms with E-state index in [4.69, 9.17) is 5.73 Å². The predicted octanol–water partition coefficient (Wildman–Crippen LogP) is 3.10. The maximum Gasteiger partial charge on any atom is 0.118 e. The Morgan fingerprint density at radius 1 is 1.31 bits per heavy atom. The van der Waals surface area contributed by atoms with Crippen LogP contribution in [0.2, 0.25) is 0 Å². The number of hydrogen-bond donors (Lipinski definition) is 1. The molecule has 1 rings (SSSR count). The van der Waals surface area contributed by atoms with Gasteiger partial charge in [-0.3, -0.25) is 4.99 Å². The van der Waals surface area contributed by atoms with Gasteiger partial charge < -0.3 is 5.73 Å². The molecule has 0 spiro atoms. The monoisotopic (exact) mass is 216 g/mol. The molecule has 1 aromatic carbocycles. The summed E-state index contributed by atoms with van der Waals surface area (Å²) in [5, 5.41) is 0. The Hall–Kier alpha value is -1.57. The lowest BCUT2D eigenvalue weighted by molar-refractivity contribution is 0.597. The van der Waals surface area contributed by atoms with Crippen LogP contribution < -0.4 is 5.73 Å². The molecule has 0 amide bonds. The molecule has 0 aliphatic heterocycles. The van der Waals surface area contributed by atoms with Crippen LogP contribution in [0.4, 0.5) is 0 Å². The summed E-state index contributed by atoms with van der Waals surface area (Å²) >= 11 is 0. The SMILES string of the molecule is CC(C)CCN=C(N)C=Cc1ccccc1. The summed E-state index contributed by atoms with van der Waals surface area (Å²) in [5.74, 6) is 1.28. The summed E-state index contributed by atoms with van der Waals surface area (Å²) in [7, 11) is 0. The molecule has 0 radical (unpaired) electrons. The van der Waals surface area contributed by atoms with Crippen molar-refractivity contribution in [2.24, 2.45) is 16.6 Å². The standard InChI is InChI=1S/C14H20N2/c1-12(2)10-11-16-14(15)9-8-13-6-4-3-5-7-13/h3-9,12H,10-11H2,1-2H3,(H2,15,16). The number of amidine groups is 1. The molecular formula is C14H20N2. The Morgan fingerprint density at radius 3 is 2.62 bits per heavy atom. The molecule has 2 nitrogen and oxygen atoms in total. The second-order valence-corrected chi connectivity index (χ2v) is 4.23. The quantitative estimate of drug-likeness (QED) is 0.596. The average molecular weight is 216 g/mol. The highest BCUT2D eigenvalue weighted by Crippen LogP contribution is 2.01. The summed E-state index contributed by atoms with van der Waals surface area (Å²) < 4.78 is 0. The normalized spacial score (nSPS) is 12.6. The summed E-state index contributed by atoms with van der Waals surface area (Å²) in [6, 6.07) is 10.1. The van der Waals surface area contributed by atoms with Gasteiger partial charge in [0.1, 0.15) is 5.84 Å². The molecule has 0 aromatic heterocycles. The Morgan fingerprint density at radius 2 is 2.00 bits per heavy atom. The van der Waals surface area contributed by atoms with Gasteiger partial charge in [0.25, 0.3) is 0 Å². The van der Waals surface area contributed by atoms with E-state index in [1.165, 1.54) is 0 Å². The van der Waals surface area contributed by atoms with Crippen molar-refractivity contribution >= 4 is 11.9 Å². The van der Waals surface area contributed by atoms with Crippen molar-refractivity contribution in [1.82, 2.24) is 0 Å². The van der Waals surface area contributed by atoms with E-state index in [-0.39, 0.29) is 0 Å². The molecule has 0 saturated carbocycles. The third kappa shape index (κ3) is 5.35. The van der Waals surface area contributed by atoms with Crippen molar-refractivity contribution < 1.29 is 0 Å². The van der Waals surface area contributed by atoms with Crippen LogP contribution in [0.5, 0.6) is 0 Å². The van der Waals surface area contributed by atoms with E-state index >= 15 is 0 Å². The summed E-state index contributed by atoms with van der Waals surface area (Å²) in [5.41, 5.74) is 6.91. The number of hydrogen-bond acceptors (Lipinski definition) is 1. The molecular weight excluding hydrogens is 196 g/mol. The molecule has 0 atom stereocenters. The van der Waals surface area contributed by atoms with Crippen LogP contribution in [0, 0.1) is 5.92 Å². The van der Waals surface area contributed by atoms with E-state index in [0.717, 1.165) is 18.5 Å². The molecule has 0 fully saturated rings. The third-order valence-electron chi connectivity index (χ3n) is 2.25. The molecule has 0 bridgehead atoms. The highest BCUT2D eigenvalue weighted by atomic mass is 14.8. The molecule has 2 N–H and O–H groups in total. The van der Waals surface area contributed by atoms with Gasteiger partial charge in [-0.05, 0) is 24.0 Å². The first-order chi connectivity index (χ1) is 7.68. The fourth-order valence-electron chi connectivity index (χ4n) is 1.25. The minimum atomic E-state index is 0.601. The van der Waals surface area contributed by atoms with Crippen LogP contribution in [0.25, 0.3) is 6.08 Å². The first-order valence-electron chi connectivity index (χ1n) is 5.71. The van der Waals surface area contributed by atoms with Crippen LogP contribution in [0.1, 0.15) is 25.8 Å². The van der Waals surface area contributed by atoms with Gasteiger partial charge in [0.05, 0.1) is 0 Å². The first kappa shape index (κ1) is 12.5. The van der Waals surface area contributed by atoms with Crippen molar-refractivity contribution in [3.63, 3.8) is 0 Å². The lowest BCUT2D eigenvalue weighted by atomic mass is 10.1. The first-order valence-corrected chi connectivity index (χ1v) is 5.71. The van der Waals surface area contributed by atoms with Gasteiger partial charge in [-0.15, -0.1) is 0 Å². The Bertz CT molecular complexity index is 350. The molecule has 0 heterocycles. The van der Waals surface area contributed by atoms with Gasteiger partial charge in [-0.2, -0.15) is 0 Å². The largest absolute Gasteiger partial charge is 0.384 e. The smallest absolute Gasteiger partial charge is 0.118 e. The maximum absolute atomic E-state index is 5.77. The van der Waals surface area contributed by atoms with Gasteiger partial charge in [-0.1, -0.05) is 50.3 Å². The van der Waals surface area contributed by atoms with E-state index in [9.17, 15) is 0 Å². The zero-order valence-electron chi connectivity index (χ0n) is 10.1. The zero-order chi connectivity index (χ0) is 11.8.